The van der Waals surface area contributed by atoms with Gasteiger partial charge in [-0.25, -0.2) is 0 Å². The maximum Gasteiger partial charge on any atom is 0.441 e. The second kappa shape index (κ2) is 6.61. The summed E-state index contributed by atoms with van der Waals surface area (Å²) in [5.41, 5.74) is -3.76. The van der Waals surface area contributed by atoms with Crippen LogP contribution in [-0.4, -0.2) is 35.3 Å². The minimum Gasteiger partial charge on any atom is -0.364 e. The van der Waals surface area contributed by atoms with Crippen molar-refractivity contribution in [2.24, 2.45) is 10.4 Å². The van der Waals surface area contributed by atoms with Crippen LogP contribution in [0.4, 0.5) is 13.2 Å². The van der Waals surface area contributed by atoms with E-state index in [0.29, 0.717) is 12.0 Å². The van der Waals surface area contributed by atoms with Crippen LogP contribution in [0.2, 0.25) is 0 Å². The van der Waals surface area contributed by atoms with Gasteiger partial charge >= 0.3 is 5.51 Å². The third-order valence-corrected chi connectivity index (χ3v) is 5.67. The number of nitrogens with zero attached hydrogens (tertiary/aromatic N) is 1. The molecule has 0 bridgehead atoms. The fourth-order valence-electron chi connectivity index (χ4n) is 2.59. The molecule has 110 valence electrons. The van der Waals surface area contributed by atoms with E-state index in [2.05, 4.69) is 10.3 Å². The molecular weight excluding hydrogens is 293 g/mol. The molecule has 0 aromatic rings. The fraction of sp³-hybridized carbons (Fsp3) is 0.917. The van der Waals surface area contributed by atoms with Gasteiger partial charge in [-0.15, -0.1) is 0 Å². The summed E-state index contributed by atoms with van der Waals surface area (Å²) in [4.78, 5) is 4.52. The van der Waals surface area contributed by atoms with Crippen LogP contribution < -0.4 is 5.32 Å². The predicted octanol–water partition coefficient (Wildman–Crippen LogP) is 3.88. The Labute approximate surface area is 120 Å². The molecule has 1 aliphatic heterocycles. The first-order valence-electron chi connectivity index (χ1n) is 6.61. The summed E-state index contributed by atoms with van der Waals surface area (Å²) in [6.45, 7) is 1.16. The lowest BCUT2D eigenvalue weighted by molar-refractivity contribution is -0.0327. The molecule has 0 atom stereocenters. The molecule has 1 spiro atoms. The van der Waals surface area contributed by atoms with Crippen molar-refractivity contribution in [1.82, 2.24) is 5.32 Å². The monoisotopic (exact) mass is 312 g/mol. The maximum absolute atomic E-state index is 12.0. The van der Waals surface area contributed by atoms with Gasteiger partial charge in [0, 0.05) is 24.6 Å². The number of hydrogen-bond donors (Lipinski definition) is 1. The number of thioether (sulfide) groups is 2. The number of nitrogens with one attached hydrogen (secondary N) is 1. The summed E-state index contributed by atoms with van der Waals surface area (Å²) in [5.74, 6) is 1.10. The Morgan fingerprint density at radius 1 is 1.26 bits per heavy atom. The summed E-state index contributed by atoms with van der Waals surface area (Å²) in [7, 11) is 0. The highest BCUT2D eigenvalue weighted by Gasteiger charge is 2.34. The van der Waals surface area contributed by atoms with Gasteiger partial charge in [-0.1, -0.05) is 31.0 Å². The van der Waals surface area contributed by atoms with E-state index in [9.17, 15) is 13.2 Å². The average molecular weight is 312 g/mol. The van der Waals surface area contributed by atoms with Crippen LogP contribution in [0, 0.1) is 5.41 Å². The van der Waals surface area contributed by atoms with E-state index in [1.54, 1.807) is 11.8 Å². The molecule has 1 aliphatic carbocycles. The molecular formula is C12H19F3N2S2. The number of aliphatic imine (C=N–C) groups is 1. The number of alkyl halides is 3. The first-order chi connectivity index (χ1) is 8.99. The lowest BCUT2D eigenvalue weighted by atomic mass is 9.75. The Morgan fingerprint density at radius 2 is 2.00 bits per heavy atom. The van der Waals surface area contributed by atoms with Gasteiger partial charge in [0.2, 0.25) is 0 Å². The van der Waals surface area contributed by atoms with Gasteiger partial charge in [-0.3, -0.25) is 4.99 Å². The van der Waals surface area contributed by atoms with Crippen molar-refractivity contribution in [1.29, 1.82) is 0 Å². The quantitative estimate of drug-likeness (QED) is 0.800. The lowest BCUT2D eigenvalue weighted by Crippen LogP contribution is -2.37. The minimum absolute atomic E-state index is 0.0169. The van der Waals surface area contributed by atoms with Gasteiger partial charge in [0.05, 0.1) is 0 Å². The molecule has 1 saturated carbocycles. The highest BCUT2D eigenvalue weighted by Crippen LogP contribution is 2.41. The van der Waals surface area contributed by atoms with Crippen molar-refractivity contribution >= 4 is 28.7 Å². The Balaban J connectivity index is 1.69. The number of rotatable bonds is 3. The summed E-state index contributed by atoms with van der Waals surface area (Å²) in [5, 5.41) is 3.83. The van der Waals surface area contributed by atoms with Crippen LogP contribution in [0.15, 0.2) is 4.99 Å². The highest BCUT2D eigenvalue weighted by atomic mass is 32.2. The van der Waals surface area contributed by atoms with Gasteiger partial charge < -0.3 is 5.32 Å². The van der Waals surface area contributed by atoms with Gasteiger partial charge in [-0.05, 0) is 30.0 Å². The van der Waals surface area contributed by atoms with Crippen LogP contribution in [0.1, 0.15) is 32.1 Å². The molecule has 1 fully saturated rings. The molecule has 2 rings (SSSR count). The Kier molecular flexibility index (Phi) is 5.34. The van der Waals surface area contributed by atoms with E-state index < -0.39 is 5.51 Å². The van der Waals surface area contributed by atoms with Crippen LogP contribution in [0.5, 0.6) is 0 Å². The molecule has 2 aliphatic rings. The second-order valence-corrected chi connectivity index (χ2v) is 7.32. The molecule has 0 unspecified atom stereocenters. The Bertz CT molecular complexity index is 325. The molecule has 0 aromatic heterocycles. The van der Waals surface area contributed by atoms with E-state index in [0.717, 1.165) is 17.5 Å². The van der Waals surface area contributed by atoms with Crippen LogP contribution in [0.25, 0.3) is 0 Å². The summed E-state index contributed by atoms with van der Waals surface area (Å²) >= 11 is 1.69. The number of amidine groups is 1. The topological polar surface area (TPSA) is 24.4 Å². The number of hydrogen-bond acceptors (Lipinski definition) is 4. The minimum atomic E-state index is -4.13. The van der Waals surface area contributed by atoms with E-state index in [1.807, 2.05) is 0 Å². The molecule has 7 heteroatoms. The smallest absolute Gasteiger partial charge is 0.364 e. The highest BCUT2D eigenvalue weighted by molar-refractivity contribution is 8.13. The van der Waals surface area contributed by atoms with Crippen LogP contribution >= 0.6 is 23.5 Å². The predicted molar refractivity (Wildman–Crippen MR) is 76.8 cm³/mol. The van der Waals surface area contributed by atoms with Crippen LogP contribution in [0.3, 0.4) is 0 Å². The van der Waals surface area contributed by atoms with Crippen molar-refractivity contribution in [3.63, 3.8) is 0 Å². The zero-order chi connectivity index (χ0) is 13.8. The molecule has 2 nitrogen and oxygen atoms in total. The molecule has 1 N–H and O–H groups in total. The third-order valence-electron chi connectivity index (χ3n) is 3.63. The first kappa shape index (κ1) is 15.4. The average Bonchev–Trinajstić information content (AvgIpc) is 2.37. The molecule has 0 amide bonds. The van der Waals surface area contributed by atoms with Gasteiger partial charge in [0.15, 0.2) is 5.17 Å². The fourth-order valence-corrected chi connectivity index (χ4v) is 4.21. The van der Waals surface area contributed by atoms with Crippen molar-refractivity contribution in [2.45, 2.75) is 37.6 Å². The lowest BCUT2D eigenvalue weighted by Gasteiger charge is -2.38. The summed E-state index contributed by atoms with van der Waals surface area (Å²) in [6, 6.07) is 0. The molecule has 19 heavy (non-hydrogen) atoms. The molecule has 0 radical (unpaired) electrons. The van der Waals surface area contributed by atoms with E-state index in [-0.39, 0.29) is 17.5 Å². The van der Waals surface area contributed by atoms with E-state index >= 15 is 0 Å². The van der Waals surface area contributed by atoms with Gasteiger partial charge in [0.25, 0.3) is 0 Å². The first-order valence-corrected chi connectivity index (χ1v) is 8.58. The molecule has 1 heterocycles. The van der Waals surface area contributed by atoms with Crippen molar-refractivity contribution in [2.75, 3.05) is 24.6 Å². The Hall–Kier alpha value is -0.0400. The van der Waals surface area contributed by atoms with Gasteiger partial charge in [0.1, 0.15) is 0 Å². The van der Waals surface area contributed by atoms with Crippen molar-refractivity contribution in [3.8, 4) is 0 Å². The largest absolute Gasteiger partial charge is 0.441 e. The molecule has 0 aromatic carbocycles. The van der Waals surface area contributed by atoms with Crippen molar-refractivity contribution in [3.05, 3.63) is 0 Å². The van der Waals surface area contributed by atoms with E-state index in [1.165, 1.54) is 32.1 Å². The zero-order valence-electron chi connectivity index (χ0n) is 10.8. The Morgan fingerprint density at radius 3 is 2.58 bits per heavy atom. The third kappa shape index (κ3) is 5.10. The second-order valence-electron chi connectivity index (χ2n) is 5.19. The molecule has 0 saturated heterocycles. The number of halogens is 3. The normalized spacial score (nSPS) is 23.2. The SMILES string of the molecule is FC(F)(F)SCCNC1=NCC2(CCCCC2)CS1. The summed E-state index contributed by atoms with van der Waals surface area (Å²) < 4.78 is 35.9. The zero-order valence-corrected chi connectivity index (χ0v) is 12.4. The van der Waals surface area contributed by atoms with Gasteiger partial charge in [-0.2, -0.15) is 13.2 Å². The standard InChI is InChI=1S/C12H19F3N2S2/c13-12(14,15)19-7-6-16-10-17-8-11(9-18-10)4-2-1-3-5-11/h1-9H2,(H,16,17). The summed E-state index contributed by atoms with van der Waals surface area (Å²) in [6.07, 6.45) is 6.42. The van der Waals surface area contributed by atoms with Crippen molar-refractivity contribution < 1.29 is 13.2 Å². The van der Waals surface area contributed by atoms with E-state index in [4.69, 9.17) is 0 Å². The van der Waals surface area contributed by atoms with Crippen LogP contribution in [-0.2, 0) is 0 Å². The maximum atomic E-state index is 12.0.